The zero-order valence-electron chi connectivity index (χ0n) is 19.7. The van der Waals surface area contributed by atoms with Crippen LogP contribution in [0.1, 0.15) is 46.9 Å². The van der Waals surface area contributed by atoms with Gasteiger partial charge in [-0.2, -0.15) is 0 Å². The number of imidazole rings is 1. The van der Waals surface area contributed by atoms with Crippen molar-refractivity contribution in [2.75, 3.05) is 6.54 Å². The lowest BCUT2D eigenvalue weighted by Gasteiger charge is -2.08. The lowest BCUT2D eigenvalue weighted by molar-refractivity contribution is 0.301. The minimum absolute atomic E-state index is 0.372. The van der Waals surface area contributed by atoms with E-state index in [-0.39, 0.29) is 0 Å². The molecule has 2 heterocycles. The lowest BCUT2D eigenvalue weighted by Crippen LogP contribution is -2.10. The number of aromatic nitrogens is 3. The summed E-state index contributed by atoms with van der Waals surface area (Å²) >= 11 is 0. The molecule has 0 atom stereocenters. The van der Waals surface area contributed by atoms with Crippen LogP contribution in [0, 0.1) is 6.92 Å². The Labute approximate surface area is 201 Å². The van der Waals surface area contributed by atoms with Crippen LogP contribution in [0.25, 0.3) is 12.2 Å². The van der Waals surface area contributed by atoms with Crippen LogP contribution in [0.5, 0.6) is 5.75 Å². The summed E-state index contributed by atoms with van der Waals surface area (Å²) in [5, 5.41) is 0. The molecular formula is C28H32N4O2. The third-order valence-corrected chi connectivity index (χ3v) is 5.66. The van der Waals surface area contributed by atoms with Gasteiger partial charge >= 0.3 is 0 Å². The van der Waals surface area contributed by atoms with Crippen molar-refractivity contribution in [2.45, 2.75) is 45.8 Å². The Kier molecular flexibility index (Phi) is 8.30. The molecule has 0 radical (unpaired) electrons. The molecule has 6 nitrogen and oxygen atoms in total. The van der Waals surface area contributed by atoms with Crippen molar-refractivity contribution in [1.29, 1.82) is 0 Å². The topological polar surface area (TPSA) is 79.1 Å². The predicted octanol–water partition coefficient (Wildman–Crippen LogP) is 5.45. The Morgan fingerprint density at radius 2 is 1.82 bits per heavy atom. The van der Waals surface area contributed by atoms with Gasteiger partial charge in [0.1, 0.15) is 30.1 Å². The highest BCUT2D eigenvalue weighted by Gasteiger charge is 2.04. The summed E-state index contributed by atoms with van der Waals surface area (Å²) in [4.78, 5) is 8.85. The number of benzene rings is 2. The maximum atomic E-state index is 5.88. The number of hydrogen-bond donors (Lipinski definition) is 1. The van der Waals surface area contributed by atoms with Gasteiger partial charge in [0.25, 0.3) is 0 Å². The number of aryl methyl sites for hydroxylation is 3. The molecule has 0 aliphatic carbocycles. The minimum atomic E-state index is 0.372. The van der Waals surface area contributed by atoms with Crippen LogP contribution in [0.3, 0.4) is 0 Å². The van der Waals surface area contributed by atoms with Crippen LogP contribution in [0.4, 0.5) is 0 Å². The third kappa shape index (κ3) is 6.93. The van der Waals surface area contributed by atoms with Gasteiger partial charge in [0.15, 0.2) is 0 Å². The Morgan fingerprint density at radius 3 is 2.62 bits per heavy atom. The molecule has 2 aromatic carbocycles. The lowest BCUT2D eigenvalue weighted by atomic mass is 10.1. The van der Waals surface area contributed by atoms with Crippen LogP contribution in [-0.2, 0) is 26.0 Å². The third-order valence-electron chi connectivity index (χ3n) is 5.66. The van der Waals surface area contributed by atoms with E-state index >= 15 is 0 Å². The Hall–Kier alpha value is -3.64. The van der Waals surface area contributed by atoms with Crippen molar-refractivity contribution in [1.82, 2.24) is 14.5 Å². The molecule has 0 amide bonds. The number of rotatable bonds is 12. The van der Waals surface area contributed by atoms with E-state index in [4.69, 9.17) is 14.9 Å². The Morgan fingerprint density at radius 1 is 1.00 bits per heavy atom. The molecule has 2 N–H and O–H groups in total. The maximum absolute atomic E-state index is 5.88. The van der Waals surface area contributed by atoms with Gasteiger partial charge in [0, 0.05) is 31.4 Å². The number of nitrogens with two attached hydrogens (primary N) is 1. The molecule has 0 saturated carbocycles. The first-order chi connectivity index (χ1) is 16.7. The van der Waals surface area contributed by atoms with Crippen molar-refractivity contribution in [3.05, 3.63) is 101 Å². The number of hydrogen-bond acceptors (Lipinski definition) is 5. The van der Waals surface area contributed by atoms with Crippen molar-refractivity contribution >= 4 is 12.2 Å². The number of unbranched alkanes of at least 4 members (excludes halogenated alkanes) is 1. The van der Waals surface area contributed by atoms with Gasteiger partial charge in [-0.1, -0.05) is 42.0 Å². The Balaban J connectivity index is 1.19. The van der Waals surface area contributed by atoms with E-state index in [1.807, 2.05) is 36.7 Å². The van der Waals surface area contributed by atoms with E-state index in [0.717, 1.165) is 55.1 Å². The van der Waals surface area contributed by atoms with Gasteiger partial charge in [-0.15, -0.1) is 0 Å². The zero-order chi connectivity index (χ0) is 23.6. The number of ether oxygens (including phenoxy) is 1. The molecule has 0 unspecified atom stereocenters. The fourth-order valence-corrected chi connectivity index (χ4v) is 3.73. The SMILES string of the molecule is Cc1ccc(/C=C/c2nc(COc3ccc(CCCCn4ccnc4CCN)cc3)co2)cc1. The highest BCUT2D eigenvalue weighted by atomic mass is 16.5. The first kappa shape index (κ1) is 23.5. The average Bonchev–Trinajstić information content (AvgIpc) is 3.50. The van der Waals surface area contributed by atoms with Gasteiger partial charge in [0.2, 0.25) is 5.89 Å². The van der Waals surface area contributed by atoms with Gasteiger partial charge in [-0.3, -0.25) is 0 Å². The van der Waals surface area contributed by atoms with Gasteiger partial charge < -0.3 is 19.5 Å². The summed E-state index contributed by atoms with van der Waals surface area (Å²) in [5.41, 5.74) is 10.1. The fourth-order valence-electron chi connectivity index (χ4n) is 3.73. The summed E-state index contributed by atoms with van der Waals surface area (Å²) in [5.74, 6) is 2.47. The van der Waals surface area contributed by atoms with E-state index in [1.54, 1.807) is 6.26 Å². The molecule has 0 aliphatic rings. The van der Waals surface area contributed by atoms with E-state index < -0.39 is 0 Å². The Bertz CT molecular complexity index is 1170. The molecule has 0 aliphatic heterocycles. The summed E-state index contributed by atoms with van der Waals surface area (Å²) in [6.45, 7) is 4.06. The monoisotopic (exact) mass is 456 g/mol. The highest BCUT2D eigenvalue weighted by molar-refractivity contribution is 5.66. The molecule has 4 rings (SSSR count). The van der Waals surface area contributed by atoms with Crippen LogP contribution >= 0.6 is 0 Å². The molecular weight excluding hydrogens is 424 g/mol. The van der Waals surface area contributed by atoms with E-state index in [9.17, 15) is 0 Å². The van der Waals surface area contributed by atoms with Crippen LogP contribution in [0.2, 0.25) is 0 Å². The molecule has 0 bridgehead atoms. The molecule has 4 aromatic rings. The summed E-state index contributed by atoms with van der Waals surface area (Å²) in [6.07, 6.45) is 13.5. The molecule has 0 spiro atoms. The predicted molar refractivity (Wildman–Crippen MR) is 135 cm³/mol. The second-order valence-corrected chi connectivity index (χ2v) is 8.39. The molecule has 34 heavy (non-hydrogen) atoms. The molecule has 176 valence electrons. The quantitative estimate of drug-likeness (QED) is 0.287. The standard InChI is InChI=1S/C28H32N4O2/c1-22-5-7-24(8-6-22)11-14-28-31-25(21-34-28)20-33-26-12-9-23(10-13-26)4-2-3-18-32-19-17-30-27(32)15-16-29/h5-14,17,19,21H,2-4,15-16,18,20,29H2,1H3/b14-11+. The van der Waals surface area contributed by atoms with Crippen molar-refractivity contribution in [3.8, 4) is 5.75 Å². The van der Waals surface area contributed by atoms with Crippen molar-refractivity contribution in [2.24, 2.45) is 5.73 Å². The van der Waals surface area contributed by atoms with E-state index in [1.165, 1.54) is 11.1 Å². The largest absolute Gasteiger partial charge is 0.487 e. The number of oxazole rings is 1. The van der Waals surface area contributed by atoms with Gasteiger partial charge in [-0.25, -0.2) is 9.97 Å². The summed E-state index contributed by atoms with van der Waals surface area (Å²) < 4.78 is 13.6. The second-order valence-electron chi connectivity index (χ2n) is 8.39. The van der Waals surface area contributed by atoms with Crippen LogP contribution in [0.15, 0.2) is 71.6 Å². The summed E-state index contributed by atoms with van der Waals surface area (Å²) in [7, 11) is 0. The molecule has 0 saturated heterocycles. The number of nitrogens with zero attached hydrogens (tertiary/aromatic N) is 3. The summed E-state index contributed by atoms with van der Waals surface area (Å²) in [6, 6.07) is 16.6. The first-order valence-electron chi connectivity index (χ1n) is 11.8. The van der Waals surface area contributed by atoms with Crippen molar-refractivity contribution < 1.29 is 9.15 Å². The van der Waals surface area contributed by atoms with E-state index in [2.05, 4.69) is 57.9 Å². The van der Waals surface area contributed by atoms with Crippen molar-refractivity contribution in [3.63, 3.8) is 0 Å². The van der Waals surface area contributed by atoms with E-state index in [0.29, 0.717) is 19.0 Å². The zero-order valence-corrected chi connectivity index (χ0v) is 19.7. The van der Waals surface area contributed by atoms with Gasteiger partial charge in [-0.05, 0) is 62.1 Å². The van der Waals surface area contributed by atoms with Crippen LogP contribution < -0.4 is 10.5 Å². The van der Waals surface area contributed by atoms with Crippen LogP contribution in [-0.4, -0.2) is 21.1 Å². The smallest absolute Gasteiger partial charge is 0.218 e. The normalized spacial score (nSPS) is 11.4. The molecule has 2 aromatic heterocycles. The maximum Gasteiger partial charge on any atom is 0.218 e. The molecule has 0 fully saturated rings. The molecule has 6 heteroatoms. The highest BCUT2D eigenvalue weighted by Crippen LogP contribution is 2.17. The average molecular weight is 457 g/mol. The minimum Gasteiger partial charge on any atom is -0.487 e. The van der Waals surface area contributed by atoms with Gasteiger partial charge in [0.05, 0.1) is 0 Å². The fraction of sp³-hybridized carbons (Fsp3) is 0.286. The second kappa shape index (κ2) is 12.0. The first-order valence-corrected chi connectivity index (χ1v) is 11.8.